The molecule has 1 heterocycles. The Morgan fingerprint density at radius 3 is 2.74 bits per heavy atom. The summed E-state index contributed by atoms with van der Waals surface area (Å²) in [7, 11) is 0. The minimum absolute atomic E-state index is 0.0367. The summed E-state index contributed by atoms with van der Waals surface area (Å²) in [4.78, 5) is 0. The molecule has 0 spiro atoms. The monoisotopic (exact) mass is 269 g/mol. The zero-order valence-corrected chi connectivity index (χ0v) is 12.2. The highest BCUT2D eigenvalue weighted by atomic mass is 16.5. The fourth-order valence-corrected chi connectivity index (χ4v) is 2.00. The SMILES string of the molecule is CCC(CC)(CO)CNCCCOCc1ccco1. The van der Waals surface area contributed by atoms with Gasteiger partial charge >= 0.3 is 0 Å². The summed E-state index contributed by atoms with van der Waals surface area (Å²) in [6.07, 6.45) is 4.63. The molecule has 2 N–H and O–H groups in total. The van der Waals surface area contributed by atoms with Crippen LogP contribution >= 0.6 is 0 Å². The third kappa shape index (κ3) is 5.76. The lowest BCUT2D eigenvalue weighted by molar-refractivity contribution is 0.0975. The van der Waals surface area contributed by atoms with Gasteiger partial charge in [0.25, 0.3) is 0 Å². The van der Waals surface area contributed by atoms with Gasteiger partial charge in [-0.05, 0) is 37.9 Å². The van der Waals surface area contributed by atoms with Crippen molar-refractivity contribution >= 4 is 0 Å². The molecule has 4 nitrogen and oxygen atoms in total. The second-order valence-corrected chi connectivity index (χ2v) is 5.03. The fourth-order valence-electron chi connectivity index (χ4n) is 2.00. The van der Waals surface area contributed by atoms with E-state index in [0.29, 0.717) is 6.61 Å². The molecular formula is C15H27NO3. The van der Waals surface area contributed by atoms with Crippen LogP contribution in [0.5, 0.6) is 0 Å². The molecule has 0 saturated heterocycles. The smallest absolute Gasteiger partial charge is 0.129 e. The molecule has 4 heteroatoms. The Balaban J connectivity index is 2.01. The largest absolute Gasteiger partial charge is 0.467 e. The molecule has 0 unspecified atom stereocenters. The highest BCUT2D eigenvalue weighted by Crippen LogP contribution is 2.24. The molecule has 0 atom stereocenters. The molecule has 19 heavy (non-hydrogen) atoms. The number of furan rings is 1. The first-order valence-electron chi connectivity index (χ1n) is 7.18. The molecule has 0 amide bonds. The van der Waals surface area contributed by atoms with Crippen LogP contribution in [0.15, 0.2) is 22.8 Å². The third-order valence-electron chi connectivity index (χ3n) is 3.80. The van der Waals surface area contributed by atoms with Crippen LogP contribution in [0.3, 0.4) is 0 Å². The molecule has 0 aromatic carbocycles. The Bertz CT molecular complexity index is 299. The van der Waals surface area contributed by atoms with Gasteiger partial charge < -0.3 is 19.6 Å². The lowest BCUT2D eigenvalue weighted by Gasteiger charge is -2.29. The van der Waals surface area contributed by atoms with Crippen LogP contribution in [0.2, 0.25) is 0 Å². The maximum Gasteiger partial charge on any atom is 0.129 e. The van der Waals surface area contributed by atoms with E-state index in [1.165, 1.54) is 0 Å². The summed E-state index contributed by atoms with van der Waals surface area (Å²) >= 11 is 0. The van der Waals surface area contributed by atoms with Crippen LogP contribution in [0.1, 0.15) is 38.9 Å². The van der Waals surface area contributed by atoms with Gasteiger partial charge in [0.2, 0.25) is 0 Å². The van der Waals surface area contributed by atoms with Crippen LogP contribution in [0, 0.1) is 5.41 Å². The van der Waals surface area contributed by atoms with E-state index in [1.807, 2.05) is 12.1 Å². The quantitative estimate of drug-likeness (QED) is 0.606. The summed E-state index contributed by atoms with van der Waals surface area (Å²) in [5.41, 5.74) is 0.0367. The van der Waals surface area contributed by atoms with Crippen LogP contribution in [0.25, 0.3) is 0 Å². The van der Waals surface area contributed by atoms with E-state index >= 15 is 0 Å². The molecule has 1 aromatic rings. The van der Waals surface area contributed by atoms with Gasteiger partial charge in [-0.15, -0.1) is 0 Å². The number of hydrogen-bond donors (Lipinski definition) is 2. The van der Waals surface area contributed by atoms with E-state index in [9.17, 15) is 5.11 Å². The van der Waals surface area contributed by atoms with Gasteiger partial charge in [0, 0.05) is 25.2 Å². The van der Waals surface area contributed by atoms with Crippen molar-refractivity contribution in [1.82, 2.24) is 5.32 Å². The maximum absolute atomic E-state index is 9.45. The Hall–Kier alpha value is -0.840. The highest BCUT2D eigenvalue weighted by Gasteiger charge is 2.24. The molecule has 1 aromatic heterocycles. The molecule has 0 bridgehead atoms. The number of aliphatic hydroxyl groups is 1. The van der Waals surface area contributed by atoms with Crippen molar-refractivity contribution in [3.8, 4) is 0 Å². The third-order valence-corrected chi connectivity index (χ3v) is 3.80. The predicted molar refractivity (Wildman–Crippen MR) is 76.0 cm³/mol. The first-order valence-corrected chi connectivity index (χ1v) is 7.18. The van der Waals surface area contributed by atoms with E-state index in [4.69, 9.17) is 9.15 Å². The molecule has 0 aliphatic rings. The van der Waals surface area contributed by atoms with Gasteiger partial charge in [-0.25, -0.2) is 0 Å². The van der Waals surface area contributed by atoms with E-state index < -0.39 is 0 Å². The van der Waals surface area contributed by atoms with Crippen LogP contribution in [-0.2, 0) is 11.3 Å². The number of ether oxygens (including phenoxy) is 1. The van der Waals surface area contributed by atoms with Crippen molar-refractivity contribution in [2.75, 3.05) is 26.3 Å². The number of rotatable bonds is 11. The Morgan fingerprint density at radius 1 is 1.37 bits per heavy atom. The topological polar surface area (TPSA) is 54.6 Å². The van der Waals surface area contributed by atoms with Gasteiger partial charge in [-0.2, -0.15) is 0 Å². The number of nitrogens with one attached hydrogen (secondary N) is 1. The van der Waals surface area contributed by atoms with Crippen molar-refractivity contribution in [2.45, 2.75) is 39.7 Å². The second-order valence-electron chi connectivity index (χ2n) is 5.03. The zero-order valence-electron chi connectivity index (χ0n) is 12.2. The first kappa shape index (κ1) is 16.2. The van der Waals surface area contributed by atoms with E-state index in [0.717, 1.165) is 44.7 Å². The van der Waals surface area contributed by atoms with Crippen LogP contribution in [-0.4, -0.2) is 31.4 Å². The summed E-state index contributed by atoms with van der Waals surface area (Å²) in [5.74, 6) is 0.865. The predicted octanol–water partition coefficient (Wildman–Crippen LogP) is 2.57. The van der Waals surface area contributed by atoms with Crippen molar-refractivity contribution in [2.24, 2.45) is 5.41 Å². The van der Waals surface area contributed by atoms with Crippen molar-refractivity contribution in [3.63, 3.8) is 0 Å². The fraction of sp³-hybridized carbons (Fsp3) is 0.733. The van der Waals surface area contributed by atoms with Gasteiger partial charge in [0.05, 0.1) is 6.26 Å². The maximum atomic E-state index is 9.45. The molecule has 0 saturated carbocycles. The average Bonchev–Trinajstić information content (AvgIpc) is 2.96. The Morgan fingerprint density at radius 2 is 2.16 bits per heavy atom. The van der Waals surface area contributed by atoms with Gasteiger partial charge in [0.1, 0.15) is 12.4 Å². The molecule has 0 aliphatic carbocycles. The molecule has 1 rings (SSSR count). The van der Waals surface area contributed by atoms with Crippen molar-refractivity contribution < 1.29 is 14.3 Å². The molecule has 110 valence electrons. The zero-order chi connectivity index (χ0) is 14.0. The van der Waals surface area contributed by atoms with Crippen molar-refractivity contribution in [1.29, 1.82) is 0 Å². The average molecular weight is 269 g/mol. The number of hydrogen-bond acceptors (Lipinski definition) is 4. The molecule has 0 aliphatic heterocycles. The normalized spacial score (nSPS) is 11.9. The minimum atomic E-state index is 0.0367. The summed E-state index contributed by atoms with van der Waals surface area (Å²) in [6, 6.07) is 3.78. The molecular weight excluding hydrogens is 242 g/mol. The Labute approximate surface area is 116 Å². The summed E-state index contributed by atoms with van der Waals surface area (Å²) < 4.78 is 10.7. The Kier molecular flexibility index (Phi) is 7.79. The first-order chi connectivity index (χ1) is 9.26. The van der Waals surface area contributed by atoms with Gasteiger partial charge in [0.15, 0.2) is 0 Å². The minimum Gasteiger partial charge on any atom is -0.467 e. The summed E-state index contributed by atoms with van der Waals surface area (Å²) in [6.45, 7) is 7.56. The lowest BCUT2D eigenvalue weighted by Crippen LogP contribution is -2.37. The van der Waals surface area contributed by atoms with Gasteiger partial charge in [-0.3, -0.25) is 0 Å². The van der Waals surface area contributed by atoms with Crippen molar-refractivity contribution in [3.05, 3.63) is 24.2 Å². The number of aliphatic hydroxyl groups excluding tert-OH is 1. The second kappa shape index (κ2) is 9.13. The lowest BCUT2D eigenvalue weighted by atomic mass is 9.83. The van der Waals surface area contributed by atoms with E-state index in [-0.39, 0.29) is 12.0 Å². The van der Waals surface area contributed by atoms with E-state index in [2.05, 4.69) is 19.2 Å². The van der Waals surface area contributed by atoms with Gasteiger partial charge in [-0.1, -0.05) is 13.8 Å². The van der Waals surface area contributed by atoms with Crippen LogP contribution in [0.4, 0.5) is 0 Å². The van der Waals surface area contributed by atoms with E-state index in [1.54, 1.807) is 6.26 Å². The van der Waals surface area contributed by atoms with Crippen LogP contribution < -0.4 is 5.32 Å². The summed E-state index contributed by atoms with van der Waals surface area (Å²) in [5, 5.41) is 12.9. The highest BCUT2D eigenvalue weighted by molar-refractivity contribution is 4.95. The standard InChI is InChI=1S/C15H27NO3/c1-3-15(4-2,13-17)12-16-8-6-9-18-11-14-7-5-10-19-14/h5,7,10,16-17H,3-4,6,8-9,11-13H2,1-2H3. The molecule has 0 radical (unpaired) electrons. The molecule has 0 fully saturated rings.